The standard InChI is InChI=1S/C14H17BrF3NS/c1-9-7-19(8-10(2)20-9)13-4-3-11(6-15)5-12(13)14(16,17)18/h3-5,9-10H,6-8H2,1-2H3. The van der Waals surface area contributed by atoms with Gasteiger partial charge >= 0.3 is 6.18 Å². The maximum atomic E-state index is 13.3. The van der Waals surface area contributed by atoms with Gasteiger partial charge < -0.3 is 4.90 Å². The van der Waals surface area contributed by atoms with E-state index in [1.54, 1.807) is 12.1 Å². The van der Waals surface area contributed by atoms with E-state index >= 15 is 0 Å². The summed E-state index contributed by atoms with van der Waals surface area (Å²) in [7, 11) is 0. The van der Waals surface area contributed by atoms with E-state index in [1.807, 2.05) is 16.7 Å². The number of alkyl halides is 4. The van der Waals surface area contributed by atoms with Gasteiger partial charge in [-0.25, -0.2) is 0 Å². The molecule has 112 valence electrons. The molecule has 2 atom stereocenters. The molecule has 1 aromatic rings. The van der Waals surface area contributed by atoms with Gasteiger partial charge in [-0.1, -0.05) is 35.8 Å². The Labute approximate surface area is 130 Å². The zero-order chi connectivity index (χ0) is 14.9. The van der Waals surface area contributed by atoms with Gasteiger partial charge in [0.15, 0.2) is 0 Å². The first-order valence-electron chi connectivity index (χ1n) is 6.47. The summed E-state index contributed by atoms with van der Waals surface area (Å²) in [5.74, 6) is 0. The lowest BCUT2D eigenvalue weighted by Gasteiger charge is -2.37. The Bertz CT molecular complexity index is 468. The number of halogens is 4. The second kappa shape index (κ2) is 6.18. The summed E-state index contributed by atoms with van der Waals surface area (Å²) in [6.07, 6.45) is -4.31. The molecule has 0 spiro atoms. The fourth-order valence-corrected chi connectivity index (χ4v) is 4.22. The molecule has 0 amide bonds. The number of thioether (sulfide) groups is 1. The van der Waals surface area contributed by atoms with Crippen LogP contribution in [0.1, 0.15) is 25.0 Å². The van der Waals surface area contributed by atoms with Gasteiger partial charge in [0.25, 0.3) is 0 Å². The van der Waals surface area contributed by atoms with E-state index < -0.39 is 11.7 Å². The molecule has 2 unspecified atom stereocenters. The van der Waals surface area contributed by atoms with Gasteiger partial charge in [-0.3, -0.25) is 0 Å². The van der Waals surface area contributed by atoms with Crippen molar-refractivity contribution in [2.75, 3.05) is 18.0 Å². The molecule has 1 aliphatic heterocycles. The van der Waals surface area contributed by atoms with Crippen molar-refractivity contribution in [1.29, 1.82) is 0 Å². The molecule has 20 heavy (non-hydrogen) atoms. The van der Waals surface area contributed by atoms with Gasteiger partial charge in [0.2, 0.25) is 0 Å². The van der Waals surface area contributed by atoms with Crippen LogP contribution in [-0.4, -0.2) is 23.6 Å². The van der Waals surface area contributed by atoms with Crippen LogP contribution >= 0.6 is 27.7 Å². The van der Waals surface area contributed by atoms with Gasteiger partial charge in [-0.15, -0.1) is 0 Å². The third kappa shape index (κ3) is 3.64. The van der Waals surface area contributed by atoms with Crippen LogP contribution in [0, 0.1) is 0 Å². The fraction of sp³-hybridized carbons (Fsp3) is 0.571. The first-order valence-corrected chi connectivity index (χ1v) is 8.54. The molecule has 1 heterocycles. The summed E-state index contributed by atoms with van der Waals surface area (Å²) >= 11 is 5.04. The lowest BCUT2D eigenvalue weighted by atomic mass is 10.1. The van der Waals surface area contributed by atoms with Gasteiger partial charge in [-0.05, 0) is 17.7 Å². The van der Waals surface area contributed by atoms with E-state index in [0.29, 0.717) is 40.2 Å². The first-order chi connectivity index (χ1) is 9.31. The summed E-state index contributed by atoms with van der Waals surface area (Å²) in [5.41, 5.74) is 0.426. The van der Waals surface area contributed by atoms with E-state index in [1.165, 1.54) is 6.07 Å². The summed E-state index contributed by atoms with van der Waals surface area (Å²) < 4.78 is 39.8. The third-order valence-corrected chi connectivity index (χ3v) is 5.16. The molecule has 0 aromatic heterocycles. The molecule has 6 heteroatoms. The van der Waals surface area contributed by atoms with E-state index in [0.717, 1.165) is 0 Å². The fourth-order valence-electron chi connectivity index (χ4n) is 2.54. The Hall–Kier alpha value is -0.360. The minimum absolute atomic E-state index is 0.307. The molecule has 0 radical (unpaired) electrons. The Morgan fingerprint density at radius 1 is 1.25 bits per heavy atom. The van der Waals surface area contributed by atoms with E-state index in [2.05, 4.69) is 29.8 Å². The van der Waals surface area contributed by atoms with Crippen LogP contribution in [0.2, 0.25) is 0 Å². The van der Waals surface area contributed by atoms with Gasteiger partial charge in [-0.2, -0.15) is 24.9 Å². The highest BCUT2D eigenvalue weighted by Crippen LogP contribution is 2.39. The highest BCUT2D eigenvalue weighted by molar-refractivity contribution is 9.08. The Morgan fingerprint density at radius 3 is 2.35 bits per heavy atom. The molecule has 1 aliphatic rings. The van der Waals surface area contributed by atoms with Gasteiger partial charge in [0.1, 0.15) is 0 Å². The average molecular weight is 368 g/mol. The van der Waals surface area contributed by atoms with Crippen LogP contribution in [0.15, 0.2) is 18.2 Å². The number of hydrogen-bond donors (Lipinski definition) is 0. The predicted molar refractivity (Wildman–Crippen MR) is 82.8 cm³/mol. The van der Waals surface area contributed by atoms with Crippen molar-refractivity contribution in [3.05, 3.63) is 29.3 Å². The molecule has 1 saturated heterocycles. The van der Waals surface area contributed by atoms with Crippen molar-refractivity contribution < 1.29 is 13.2 Å². The zero-order valence-electron chi connectivity index (χ0n) is 11.4. The van der Waals surface area contributed by atoms with Crippen molar-refractivity contribution >= 4 is 33.4 Å². The van der Waals surface area contributed by atoms with Crippen LogP contribution < -0.4 is 4.90 Å². The minimum Gasteiger partial charge on any atom is -0.369 e. The maximum Gasteiger partial charge on any atom is 0.418 e. The molecular weight excluding hydrogens is 351 g/mol. The Balaban J connectivity index is 2.40. The smallest absolute Gasteiger partial charge is 0.369 e. The first kappa shape index (κ1) is 16.0. The molecule has 2 rings (SSSR count). The van der Waals surface area contributed by atoms with Crippen molar-refractivity contribution in [3.8, 4) is 0 Å². The molecule has 0 bridgehead atoms. The molecular formula is C14H17BrF3NS. The highest BCUT2D eigenvalue weighted by atomic mass is 79.9. The predicted octanol–water partition coefficient (Wildman–Crippen LogP) is 4.93. The monoisotopic (exact) mass is 367 g/mol. The number of hydrogen-bond acceptors (Lipinski definition) is 2. The van der Waals surface area contributed by atoms with Crippen LogP contribution in [-0.2, 0) is 11.5 Å². The number of benzene rings is 1. The van der Waals surface area contributed by atoms with Gasteiger partial charge in [0.05, 0.1) is 5.56 Å². The van der Waals surface area contributed by atoms with E-state index in [-0.39, 0.29) is 0 Å². The molecule has 0 N–H and O–H groups in total. The normalized spacial score (nSPS) is 24.0. The third-order valence-electron chi connectivity index (χ3n) is 3.28. The summed E-state index contributed by atoms with van der Waals surface area (Å²) in [4.78, 5) is 1.87. The van der Waals surface area contributed by atoms with Crippen LogP contribution in [0.5, 0.6) is 0 Å². The Morgan fingerprint density at radius 2 is 1.85 bits per heavy atom. The SMILES string of the molecule is CC1CN(c2ccc(CBr)cc2C(F)(F)F)CC(C)S1. The largest absolute Gasteiger partial charge is 0.418 e. The minimum atomic E-state index is -4.31. The summed E-state index contributed by atoms with van der Waals surface area (Å²) in [5, 5.41) is 1.12. The lowest BCUT2D eigenvalue weighted by molar-refractivity contribution is -0.137. The number of rotatable bonds is 2. The van der Waals surface area contributed by atoms with Crippen molar-refractivity contribution in [1.82, 2.24) is 0 Å². The summed E-state index contributed by atoms with van der Waals surface area (Å²) in [6, 6.07) is 4.62. The van der Waals surface area contributed by atoms with Gasteiger partial charge in [0, 0.05) is 34.6 Å². The van der Waals surface area contributed by atoms with Crippen LogP contribution in [0.25, 0.3) is 0 Å². The molecule has 1 nitrogen and oxygen atoms in total. The second-order valence-electron chi connectivity index (χ2n) is 5.15. The highest BCUT2D eigenvalue weighted by Gasteiger charge is 2.36. The van der Waals surface area contributed by atoms with Crippen molar-refractivity contribution in [2.24, 2.45) is 0 Å². The van der Waals surface area contributed by atoms with E-state index in [4.69, 9.17) is 0 Å². The van der Waals surface area contributed by atoms with Crippen molar-refractivity contribution in [2.45, 2.75) is 35.9 Å². The molecule has 1 aromatic carbocycles. The molecule has 1 fully saturated rings. The number of nitrogens with zero attached hydrogens (tertiary/aromatic N) is 1. The zero-order valence-corrected chi connectivity index (χ0v) is 13.8. The van der Waals surface area contributed by atoms with E-state index in [9.17, 15) is 13.2 Å². The van der Waals surface area contributed by atoms with Crippen LogP contribution in [0.4, 0.5) is 18.9 Å². The maximum absolute atomic E-state index is 13.3. The molecule has 0 saturated carbocycles. The topological polar surface area (TPSA) is 3.24 Å². The quantitative estimate of drug-likeness (QED) is 0.681. The lowest BCUT2D eigenvalue weighted by Crippen LogP contribution is -2.41. The number of anilines is 1. The summed E-state index contributed by atoms with van der Waals surface area (Å²) in [6.45, 7) is 5.44. The second-order valence-corrected chi connectivity index (χ2v) is 7.59. The van der Waals surface area contributed by atoms with Crippen LogP contribution in [0.3, 0.4) is 0 Å². The Kier molecular flexibility index (Phi) is 4.95. The molecule has 0 aliphatic carbocycles. The van der Waals surface area contributed by atoms with Crippen molar-refractivity contribution in [3.63, 3.8) is 0 Å². The average Bonchev–Trinajstić information content (AvgIpc) is 2.35.